The SMILES string of the molecule is CCCN(CCC)OOSCC12CCC(CC13OC(=O)[C@@H](Cc1ccccc1)O3)C2(C)C. The van der Waals surface area contributed by atoms with Crippen molar-refractivity contribution < 1.29 is 23.6 Å². The van der Waals surface area contributed by atoms with E-state index in [1.165, 1.54) is 12.0 Å². The van der Waals surface area contributed by atoms with Crippen LogP contribution in [0, 0.1) is 16.7 Å². The summed E-state index contributed by atoms with van der Waals surface area (Å²) in [5, 5.41) is 1.86. The molecule has 2 saturated carbocycles. The monoisotopic (exact) mass is 463 g/mol. The number of carbonyl (C=O) groups excluding carboxylic acids is 1. The molecule has 1 aliphatic heterocycles. The molecule has 0 radical (unpaired) electrons. The predicted molar refractivity (Wildman–Crippen MR) is 124 cm³/mol. The highest BCUT2D eigenvalue weighted by atomic mass is 32.2. The molecule has 4 atom stereocenters. The van der Waals surface area contributed by atoms with Gasteiger partial charge in [-0.2, -0.15) is 5.06 Å². The summed E-state index contributed by atoms with van der Waals surface area (Å²) < 4.78 is 18.3. The highest BCUT2D eigenvalue weighted by Crippen LogP contribution is 2.73. The summed E-state index contributed by atoms with van der Waals surface area (Å²) in [6.45, 7) is 10.5. The molecular weight excluding hydrogens is 426 g/mol. The molecule has 1 saturated heterocycles. The Morgan fingerprint density at radius 3 is 2.53 bits per heavy atom. The Kier molecular flexibility index (Phi) is 7.23. The van der Waals surface area contributed by atoms with Gasteiger partial charge in [-0.25, -0.2) is 4.79 Å². The molecule has 0 N–H and O–H groups in total. The molecular formula is C25H37NO5S. The molecule has 6 nitrogen and oxygen atoms in total. The van der Waals surface area contributed by atoms with E-state index in [2.05, 4.69) is 27.7 Å². The first kappa shape index (κ1) is 24.0. The zero-order chi connectivity index (χ0) is 22.8. The van der Waals surface area contributed by atoms with Gasteiger partial charge in [0.1, 0.15) is 0 Å². The van der Waals surface area contributed by atoms with Crippen LogP contribution in [0.3, 0.4) is 0 Å². The molecule has 3 aliphatic rings. The highest BCUT2D eigenvalue weighted by molar-refractivity contribution is 7.94. The van der Waals surface area contributed by atoms with E-state index in [4.69, 9.17) is 18.8 Å². The maximum Gasteiger partial charge on any atom is 0.338 e. The summed E-state index contributed by atoms with van der Waals surface area (Å²) in [5.41, 5.74) is 0.763. The topological polar surface area (TPSA) is 57.2 Å². The molecule has 2 bridgehead atoms. The summed E-state index contributed by atoms with van der Waals surface area (Å²) in [6, 6.07) is 10.0. The van der Waals surface area contributed by atoms with Crippen LogP contribution in [-0.4, -0.2) is 41.8 Å². The van der Waals surface area contributed by atoms with Crippen molar-refractivity contribution >= 4 is 18.0 Å². The van der Waals surface area contributed by atoms with Gasteiger partial charge in [-0.15, -0.1) is 9.32 Å². The van der Waals surface area contributed by atoms with Crippen molar-refractivity contribution in [1.82, 2.24) is 5.06 Å². The Labute approximate surface area is 196 Å². The fourth-order valence-electron chi connectivity index (χ4n) is 6.08. The van der Waals surface area contributed by atoms with Crippen LogP contribution < -0.4 is 0 Å². The minimum Gasteiger partial charge on any atom is -0.430 e. The van der Waals surface area contributed by atoms with Crippen LogP contribution in [0.1, 0.15) is 65.4 Å². The normalized spacial score (nSPS) is 32.8. The molecule has 2 aliphatic carbocycles. The van der Waals surface area contributed by atoms with Crippen molar-refractivity contribution in [1.29, 1.82) is 0 Å². The van der Waals surface area contributed by atoms with Crippen molar-refractivity contribution in [2.24, 2.45) is 16.7 Å². The lowest BCUT2D eigenvalue weighted by atomic mass is 9.68. The van der Waals surface area contributed by atoms with Crippen LogP contribution in [0.25, 0.3) is 0 Å². The summed E-state index contributed by atoms with van der Waals surface area (Å²) in [7, 11) is 0. The lowest BCUT2D eigenvalue weighted by Crippen LogP contribution is -2.52. The number of rotatable bonds is 11. The lowest BCUT2D eigenvalue weighted by molar-refractivity contribution is -0.360. The zero-order valence-corrected chi connectivity index (χ0v) is 20.6. The molecule has 1 spiro atoms. The van der Waals surface area contributed by atoms with Crippen molar-refractivity contribution in [3.05, 3.63) is 35.9 Å². The third-order valence-electron chi connectivity index (χ3n) is 7.98. The number of benzene rings is 1. The van der Waals surface area contributed by atoms with E-state index < -0.39 is 11.9 Å². The zero-order valence-electron chi connectivity index (χ0n) is 19.8. The number of carbonyl (C=O) groups is 1. The Morgan fingerprint density at radius 1 is 1.16 bits per heavy atom. The standard InChI is InChI=1S/C25H37NO5S/c1-5-14-26(15-6-2)30-31-32-18-24-13-12-20(23(24,3)4)17-25(24)28-21(22(27)29-25)16-19-10-8-7-9-11-19/h7-11,20-21H,5-6,12-18H2,1-4H3/t20?,21-,24?,25?/m1/s1. The highest BCUT2D eigenvalue weighted by Gasteiger charge is 2.76. The van der Waals surface area contributed by atoms with Crippen LogP contribution >= 0.6 is 12.0 Å². The Hall–Kier alpha value is -1.12. The first-order valence-electron chi connectivity index (χ1n) is 12.0. The molecule has 1 heterocycles. The van der Waals surface area contributed by atoms with Gasteiger partial charge in [0.2, 0.25) is 5.79 Å². The van der Waals surface area contributed by atoms with E-state index in [9.17, 15) is 4.79 Å². The van der Waals surface area contributed by atoms with Crippen molar-refractivity contribution in [3.8, 4) is 0 Å². The number of nitrogens with zero attached hydrogens (tertiary/aromatic N) is 1. The minimum atomic E-state index is -0.876. The van der Waals surface area contributed by atoms with Gasteiger partial charge in [-0.05, 0) is 42.6 Å². The van der Waals surface area contributed by atoms with E-state index in [-0.39, 0.29) is 16.8 Å². The molecule has 1 aromatic rings. The van der Waals surface area contributed by atoms with Gasteiger partial charge in [-0.3, -0.25) is 0 Å². The van der Waals surface area contributed by atoms with E-state index in [0.29, 0.717) is 18.1 Å². The lowest BCUT2D eigenvalue weighted by Gasteiger charge is -2.46. The quantitative estimate of drug-likeness (QED) is 0.145. The number of hydrogen-bond acceptors (Lipinski definition) is 7. The third-order valence-corrected chi connectivity index (χ3v) is 8.75. The Morgan fingerprint density at radius 2 is 1.88 bits per heavy atom. The molecule has 178 valence electrons. The van der Waals surface area contributed by atoms with E-state index >= 15 is 0 Å². The number of hydrogen-bond donors (Lipinski definition) is 0. The van der Waals surface area contributed by atoms with Gasteiger partial charge in [0.25, 0.3) is 0 Å². The summed E-state index contributed by atoms with van der Waals surface area (Å²) in [4.78, 5) is 18.5. The predicted octanol–water partition coefficient (Wildman–Crippen LogP) is 5.33. The molecule has 1 aromatic carbocycles. The number of esters is 1. The number of ether oxygens (including phenoxy) is 2. The second-order valence-corrected chi connectivity index (χ2v) is 10.7. The van der Waals surface area contributed by atoms with Gasteiger partial charge in [-0.1, -0.05) is 58.0 Å². The van der Waals surface area contributed by atoms with Crippen LogP contribution in [0.4, 0.5) is 0 Å². The van der Waals surface area contributed by atoms with Gasteiger partial charge in [0, 0.05) is 43.7 Å². The summed E-state index contributed by atoms with van der Waals surface area (Å²) in [5.74, 6) is 0.00651. The largest absolute Gasteiger partial charge is 0.430 e. The molecule has 7 heteroatoms. The number of hydroxylamine groups is 2. The first-order chi connectivity index (χ1) is 15.4. The van der Waals surface area contributed by atoms with Gasteiger partial charge in [0.05, 0.1) is 5.41 Å². The van der Waals surface area contributed by atoms with Gasteiger partial charge >= 0.3 is 5.97 Å². The number of fused-ring (bicyclic) bond motifs is 3. The maximum absolute atomic E-state index is 12.9. The second kappa shape index (κ2) is 9.63. The third kappa shape index (κ3) is 4.11. The maximum atomic E-state index is 12.9. The molecule has 0 aromatic heterocycles. The minimum absolute atomic E-state index is 0.0161. The van der Waals surface area contributed by atoms with Crippen molar-refractivity contribution in [2.45, 2.75) is 78.1 Å². The Bertz CT molecular complexity index is 784. The van der Waals surface area contributed by atoms with Crippen molar-refractivity contribution in [2.75, 3.05) is 18.8 Å². The molecule has 3 unspecified atom stereocenters. The fourth-order valence-corrected chi connectivity index (χ4v) is 7.19. The van der Waals surface area contributed by atoms with Crippen LogP contribution in [0.2, 0.25) is 0 Å². The van der Waals surface area contributed by atoms with E-state index in [0.717, 1.165) is 50.8 Å². The summed E-state index contributed by atoms with van der Waals surface area (Å²) in [6.07, 6.45) is 4.83. The molecule has 4 rings (SSSR count). The Balaban J connectivity index is 1.46. The van der Waals surface area contributed by atoms with Crippen molar-refractivity contribution in [3.63, 3.8) is 0 Å². The fraction of sp³-hybridized carbons (Fsp3) is 0.720. The van der Waals surface area contributed by atoms with E-state index in [1.54, 1.807) is 0 Å². The molecule has 3 fully saturated rings. The van der Waals surface area contributed by atoms with Crippen LogP contribution in [0.15, 0.2) is 30.3 Å². The molecule has 32 heavy (non-hydrogen) atoms. The van der Waals surface area contributed by atoms with Gasteiger partial charge in [0.15, 0.2) is 6.10 Å². The smallest absolute Gasteiger partial charge is 0.338 e. The van der Waals surface area contributed by atoms with E-state index in [1.807, 2.05) is 35.4 Å². The average molecular weight is 464 g/mol. The first-order valence-corrected chi connectivity index (χ1v) is 12.9. The van der Waals surface area contributed by atoms with Crippen LogP contribution in [-0.2, 0) is 30.0 Å². The summed E-state index contributed by atoms with van der Waals surface area (Å²) >= 11 is 1.32. The van der Waals surface area contributed by atoms with Crippen LogP contribution in [0.5, 0.6) is 0 Å². The average Bonchev–Trinajstić information content (AvgIpc) is 3.27. The second-order valence-electron chi connectivity index (χ2n) is 10.0. The molecule has 0 amide bonds. The van der Waals surface area contributed by atoms with Gasteiger partial charge < -0.3 is 9.47 Å².